The molecule has 1 aromatic rings. The van der Waals surface area contributed by atoms with Crippen LogP contribution in [-0.2, 0) is 0 Å². The van der Waals surface area contributed by atoms with Crippen molar-refractivity contribution in [1.29, 1.82) is 0 Å². The van der Waals surface area contributed by atoms with Gasteiger partial charge < -0.3 is 0 Å². The van der Waals surface area contributed by atoms with Gasteiger partial charge in [0.2, 0.25) is 0 Å². The van der Waals surface area contributed by atoms with E-state index in [1.54, 1.807) is 12.1 Å². The minimum absolute atomic E-state index is 0.460. The first-order chi connectivity index (χ1) is 5.13. The maximum absolute atomic E-state index is 10.7. The minimum atomic E-state index is -0.460. The molecule has 0 bridgehead atoms. The second kappa shape index (κ2) is 3.28. The van der Waals surface area contributed by atoms with Crippen LogP contribution in [-0.4, -0.2) is 5.24 Å². The van der Waals surface area contributed by atoms with Crippen molar-refractivity contribution >= 4 is 29.5 Å². The molecule has 0 unspecified atom stereocenters. The zero-order chi connectivity index (χ0) is 8.43. The molecule has 0 saturated heterocycles. The first-order valence-corrected chi connectivity index (χ1v) is 3.94. The normalized spacial score (nSPS) is 9.73. The number of aryl methyl sites for hydroxylation is 1. The van der Waals surface area contributed by atoms with Crippen LogP contribution in [0.1, 0.15) is 15.9 Å². The highest BCUT2D eigenvalue weighted by atomic mass is 35.5. The summed E-state index contributed by atoms with van der Waals surface area (Å²) in [5, 5.41) is -0.460. The summed E-state index contributed by atoms with van der Waals surface area (Å²) in [6, 6.07) is 5.32. The van der Waals surface area contributed by atoms with Crippen molar-refractivity contribution in [3.63, 3.8) is 0 Å². The lowest BCUT2D eigenvalue weighted by Crippen LogP contribution is -1.91. The van der Waals surface area contributed by atoms with Gasteiger partial charge in [-0.3, -0.25) is 4.79 Å². The highest BCUT2D eigenvalue weighted by molar-refractivity contribution is 7.80. The van der Waals surface area contributed by atoms with E-state index in [-0.39, 0.29) is 0 Å². The van der Waals surface area contributed by atoms with E-state index in [1.807, 2.05) is 13.0 Å². The van der Waals surface area contributed by atoms with E-state index in [2.05, 4.69) is 12.6 Å². The van der Waals surface area contributed by atoms with E-state index in [1.165, 1.54) is 0 Å². The van der Waals surface area contributed by atoms with Gasteiger partial charge in [0.15, 0.2) is 0 Å². The topological polar surface area (TPSA) is 17.1 Å². The molecule has 3 heteroatoms. The van der Waals surface area contributed by atoms with E-state index in [9.17, 15) is 4.79 Å². The van der Waals surface area contributed by atoms with E-state index < -0.39 is 5.24 Å². The van der Waals surface area contributed by atoms with Gasteiger partial charge in [-0.25, -0.2) is 0 Å². The van der Waals surface area contributed by atoms with Crippen molar-refractivity contribution in [2.45, 2.75) is 11.8 Å². The Labute approximate surface area is 75.8 Å². The summed E-state index contributed by atoms with van der Waals surface area (Å²) in [6.45, 7) is 1.88. The van der Waals surface area contributed by atoms with Crippen LogP contribution < -0.4 is 0 Å². The van der Waals surface area contributed by atoms with Gasteiger partial charge in [-0.15, -0.1) is 12.6 Å². The molecule has 0 aliphatic carbocycles. The average Bonchev–Trinajstić information content (AvgIpc) is 1.94. The Morgan fingerprint density at radius 1 is 1.55 bits per heavy atom. The van der Waals surface area contributed by atoms with Gasteiger partial charge in [0.05, 0.1) is 0 Å². The maximum Gasteiger partial charge on any atom is 0.253 e. The number of benzene rings is 1. The van der Waals surface area contributed by atoms with Crippen LogP contribution in [0.4, 0.5) is 0 Å². The van der Waals surface area contributed by atoms with Crippen LogP contribution in [0.3, 0.4) is 0 Å². The summed E-state index contributed by atoms with van der Waals surface area (Å²) < 4.78 is 0. The Hall–Kier alpha value is -0.470. The van der Waals surface area contributed by atoms with E-state index in [4.69, 9.17) is 11.6 Å². The third-order valence-electron chi connectivity index (χ3n) is 1.45. The predicted molar refractivity (Wildman–Crippen MR) is 48.6 cm³/mol. The van der Waals surface area contributed by atoms with Gasteiger partial charge in [0, 0.05) is 10.5 Å². The van der Waals surface area contributed by atoms with Gasteiger partial charge in [-0.2, -0.15) is 0 Å². The Kier molecular flexibility index (Phi) is 2.58. The Morgan fingerprint density at radius 2 is 2.18 bits per heavy atom. The zero-order valence-electron chi connectivity index (χ0n) is 5.97. The number of hydrogen-bond acceptors (Lipinski definition) is 2. The quantitative estimate of drug-likeness (QED) is 0.527. The first-order valence-electron chi connectivity index (χ1n) is 3.11. The Balaban J connectivity index is 3.27. The van der Waals surface area contributed by atoms with Crippen LogP contribution in [0.15, 0.2) is 23.1 Å². The third kappa shape index (κ3) is 1.76. The fourth-order valence-corrected chi connectivity index (χ4v) is 1.29. The number of thiol groups is 1. The summed E-state index contributed by atoms with van der Waals surface area (Å²) in [6.07, 6.45) is 0. The first kappa shape index (κ1) is 8.62. The van der Waals surface area contributed by atoms with Crippen LogP contribution >= 0.6 is 24.2 Å². The molecule has 11 heavy (non-hydrogen) atoms. The van der Waals surface area contributed by atoms with E-state index >= 15 is 0 Å². The smallest absolute Gasteiger partial charge is 0.253 e. The third-order valence-corrected chi connectivity index (χ3v) is 2.25. The largest absolute Gasteiger partial charge is 0.276 e. The summed E-state index contributed by atoms with van der Waals surface area (Å²) in [5.41, 5.74) is 1.43. The Bertz CT molecular complexity index is 296. The van der Waals surface area contributed by atoms with Crippen molar-refractivity contribution < 1.29 is 4.79 Å². The summed E-state index contributed by atoms with van der Waals surface area (Å²) in [5.74, 6) is 0. The van der Waals surface area contributed by atoms with Gasteiger partial charge in [0.1, 0.15) is 0 Å². The van der Waals surface area contributed by atoms with Gasteiger partial charge in [0.25, 0.3) is 5.24 Å². The molecule has 0 saturated carbocycles. The number of carbonyl (C=O) groups excluding carboxylic acids is 1. The number of halogens is 1. The number of rotatable bonds is 1. The van der Waals surface area contributed by atoms with Crippen molar-refractivity contribution in [3.05, 3.63) is 29.3 Å². The van der Waals surface area contributed by atoms with Crippen LogP contribution in [0.2, 0.25) is 0 Å². The molecule has 0 spiro atoms. The summed E-state index contributed by atoms with van der Waals surface area (Å²) >= 11 is 9.44. The maximum atomic E-state index is 10.7. The van der Waals surface area contributed by atoms with Crippen LogP contribution in [0.5, 0.6) is 0 Å². The molecule has 0 heterocycles. The summed E-state index contributed by atoms with van der Waals surface area (Å²) in [4.78, 5) is 11.4. The highest BCUT2D eigenvalue weighted by Gasteiger charge is 2.06. The second-order valence-corrected chi connectivity index (χ2v) is 3.04. The molecule has 0 amide bonds. The highest BCUT2D eigenvalue weighted by Crippen LogP contribution is 2.19. The summed E-state index contributed by atoms with van der Waals surface area (Å²) in [7, 11) is 0. The molecule has 0 aliphatic rings. The van der Waals surface area contributed by atoms with Crippen molar-refractivity contribution in [2.24, 2.45) is 0 Å². The monoisotopic (exact) mass is 186 g/mol. The lowest BCUT2D eigenvalue weighted by Gasteiger charge is -2.01. The zero-order valence-corrected chi connectivity index (χ0v) is 7.62. The lowest BCUT2D eigenvalue weighted by molar-refractivity contribution is 0.107. The second-order valence-electron chi connectivity index (χ2n) is 2.24. The molecule has 1 rings (SSSR count). The standard InChI is InChI=1S/C8H7ClOS/c1-5-3-2-4-6(7(5)11)8(9)10/h2-4,11H,1H3. The molecule has 0 aliphatic heterocycles. The molecular formula is C8H7ClOS. The van der Waals surface area contributed by atoms with Crippen molar-refractivity contribution in [2.75, 3.05) is 0 Å². The fourth-order valence-electron chi connectivity index (χ4n) is 0.818. The molecule has 1 nitrogen and oxygen atoms in total. The number of carbonyl (C=O) groups is 1. The van der Waals surface area contributed by atoms with Crippen molar-refractivity contribution in [3.8, 4) is 0 Å². The predicted octanol–water partition coefficient (Wildman–Crippen LogP) is 2.66. The number of hydrogen-bond donors (Lipinski definition) is 1. The molecule has 58 valence electrons. The Morgan fingerprint density at radius 3 is 2.64 bits per heavy atom. The molecule has 0 atom stereocenters. The molecule has 0 fully saturated rings. The lowest BCUT2D eigenvalue weighted by atomic mass is 10.1. The van der Waals surface area contributed by atoms with Gasteiger partial charge >= 0.3 is 0 Å². The van der Waals surface area contributed by atoms with Crippen LogP contribution in [0, 0.1) is 6.92 Å². The molecule has 0 N–H and O–H groups in total. The minimum Gasteiger partial charge on any atom is -0.276 e. The van der Waals surface area contributed by atoms with E-state index in [0.29, 0.717) is 10.5 Å². The molecule has 1 aromatic carbocycles. The average molecular weight is 187 g/mol. The van der Waals surface area contributed by atoms with Gasteiger partial charge in [-0.1, -0.05) is 12.1 Å². The van der Waals surface area contributed by atoms with Crippen molar-refractivity contribution in [1.82, 2.24) is 0 Å². The van der Waals surface area contributed by atoms with Crippen LogP contribution in [0.25, 0.3) is 0 Å². The SMILES string of the molecule is Cc1cccc(C(=O)Cl)c1S. The molecular weight excluding hydrogens is 180 g/mol. The van der Waals surface area contributed by atoms with E-state index in [0.717, 1.165) is 5.56 Å². The van der Waals surface area contributed by atoms with Gasteiger partial charge in [-0.05, 0) is 30.2 Å². The molecule has 0 radical (unpaired) electrons. The molecule has 0 aromatic heterocycles. The fraction of sp³-hybridized carbons (Fsp3) is 0.125.